The Balaban J connectivity index is 2.16. The Kier molecular flexibility index (Phi) is 3.80. The first kappa shape index (κ1) is 13.9. The minimum Gasteiger partial charge on any atom is -0.380 e. The molecule has 2 rings (SSSR count). The third-order valence-corrected chi connectivity index (χ3v) is 3.78. The fourth-order valence-corrected chi connectivity index (χ4v) is 2.43. The molecule has 0 saturated heterocycles. The van der Waals surface area contributed by atoms with Gasteiger partial charge in [0.1, 0.15) is 0 Å². The van der Waals surface area contributed by atoms with E-state index in [2.05, 4.69) is 10.3 Å². The number of alkyl halides is 3. The topological polar surface area (TPSA) is 24.9 Å². The molecule has 0 radical (unpaired) electrons. The Bertz CT molecular complexity index is 576. The predicted molar refractivity (Wildman–Crippen MR) is 70.4 cm³/mol. The summed E-state index contributed by atoms with van der Waals surface area (Å²) in [5.41, 5.74) is 2.72. The smallest absolute Gasteiger partial charge is 0.380 e. The highest BCUT2D eigenvalue weighted by atomic mass is 32.1. The molecule has 2 aromatic rings. The summed E-state index contributed by atoms with van der Waals surface area (Å²) in [4.78, 5) is 5.12. The molecule has 0 fully saturated rings. The number of nitrogens with one attached hydrogen (secondary N) is 1. The van der Waals surface area contributed by atoms with Gasteiger partial charge in [-0.05, 0) is 31.5 Å². The van der Waals surface area contributed by atoms with Crippen LogP contribution < -0.4 is 5.32 Å². The van der Waals surface area contributed by atoms with Crippen LogP contribution in [0.25, 0.3) is 0 Å². The van der Waals surface area contributed by atoms with E-state index in [1.165, 1.54) is 24.3 Å². The highest BCUT2D eigenvalue weighted by molar-refractivity contribution is 7.09. The minimum atomic E-state index is -4.32. The fraction of sp³-hybridized carbons (Fsp3) is 0.308. The van der Waals surface area contributed by atoms with Gasteiger partial charge in [0.2, 0.25) is 0 Å². The van der Waals surface area contributed by atoms with Crippen molar-refractivity contribution in [2.45, 2.75) is 26.6 Å². The van der Waals surface area contributed by atoms with Crippen LogP contribution in [0.15, 0.2) is 23.7 Å². The van der Waals surface area contributed by atoms with Crippen LogP contribution in [0, 0.1) is 13.8 Å². The van der Waals surface area contributed by atoms with E-state index in [0.29, 0.717) is 12.2 Å². The molecule has 0 aliphatic carbocycles. The number of benzene rings is 1. The van der Waals surface area contributed by atoms with E-state index in [-0.39, 0.29) is 5.56 Å². The highest BCUT2D eigenvalue weighted by Gasteiger charge is 2.32. The average Bonchev–Trinajstić information content (AvgIpc) is 2.72. The molecular formula is C13H13F3N2S. The lowest BCUT2D eigenvalue weighted by atomic mass is 10.1. The van der Waals surface area contributed by atoms with Crippen molar-refractivity contribution in [3.05, 3.63) is 45.4 Å². The van der Waals surface area contributed by atoms with Gasteiger partial charge >= 0.3 is 6.18 Å². The molecule has 0 atom stereocenters. The van der Waals surface area contributed by atoms with E-state index in [1.807, 2.05) is 6.92 Å². The lowest BCUT2D eigenvalue weighted by Gasteiger charge is -2.13. The number of hydrogen-bond donors (Lipinski definition) is 1. The minimum absolute atomic E-state index is 0.229. The number of nitrogens with zero attached hydrogens (tertiary/aromatic N) is 1. The maximum Gasteiger partial charge on any atom is 0.416 e. The van der Waals surface area contributed by atoms with Crippen molar-refractivity contribution < 1.29 is 13.2 Å². The molecule has 1 aromatic heterocycles. The van der Waals surface area contributed by atoms with Crippen LogP contribution in [0.4, 0.5) is 18.9 Å². The lowest BCUT2D eigenvalue weighted by Crippen LogP contribution is -2.08. The summed E-state index contributed by atoms with van der Waals surface area (Å²) in [6.45, 7) is 3.82. The van der Waals surface area contributed by atoms with Gasteiger partial charge in [0.25, 0.3) is 0 Å². The van der Waals surface area contributed by atoms with Crippen molar-refractivity contribution in [2.75, 3.05) is 5.32 Å². The second-order valence-electron chi connectivity index (χ2n) is 4.24. The Morgan fingerprint density at radius 3 is 2.58 bits per heavy atom. The number of anilines is 1. The van der Waals surface area contributed by atoms with Crippen LogP contribution in [0.1, 0.15) is 21.7 Å². The molecule has 0 spiro atoms. The zero-order valence-corrected chi connectivity index (χ0v) is 11.3. The van der Waals surface area contributed by atoms with E-state index in [1.54, 1.807) is 11.6 Å². The van der Waals surface area contributed by atoms with Crippen molar-refractivity contribution in [3.8, 4) is 0 Å². The molecule has 1 heterocycles. The molecule has 102 valence electrons. The van der Waals surface area contributed by atoms with E-state index in [4.69, 9.17) is 0 Å². The summed E-state index contributed by atoms with van der Waals surface area (Å²) in [5, 5.41) is 3.00. The van der Waals surface area contributed by atoms with Crippen molar-refractivity contribution >= 4 is 17.0 Å². The van der Waals surface area contributed by atoms with Crippen molar-refractivity contribution in [2.24, 2.45) is 0 Å². The largest absolute Gasteiger partial charge is 0.416 e. The molecule has 6 heteroatoms. The van der Waals surface area contributed by atoms with E-state index in [0.717, 1.165) is 16.6 Å². The van der Waals surface area contributed by atoms with Gasteiger partial charge in [-0.1, -0.05) is 6.07 Å². The molecule has 1 N–H and O–H groups in total. The van der Waals surface area contributed by atoms with E-state index >= 15 is 0 Å². The van der Waals surface area contributed by atoms with E-state index in [9.17, 15) is 13.2 Å². The number of aryl methyl sites for hydroxylation is 2. The summed E-state index contributed by atoms with van der Waals surface area (Å²) in [7, 11) is 0. The van der Waals surface area contributed by atoms with Crippen LogP contribution in [0.5, 0.6) is 0 Å². The Hall–Kier alpha value is -1.56. The second-order valence-corrected chi connectivity index (χ2v) is 5.18. The maximum absolute atomic E-state index is 12.8. The van der Waals surface area contributed by atoms with Crippen molar-refractivity contribution in [1.82, 2.24) is 4.98 Å². The van der Waals surface area contributed by atoms with Gasteiger partial charge in [0.05, 0.1) is 23.3 Å². The molecule has 0 aliphatic rings. The Morgan fingerprint density at radius 2 is 2.00 bits per heavy atom. The molecule has 0 unspecified atom stereocenters. The number of aromatic nitrogens is 1. The maximum atomic E-state index is 12.8. The zero-order valence-electron chi connectivity index (χ0n) is 10.5. The van der Waals surface area contributed by atoms with Crippen molar-refractivity contribution in [1.29, 1.82) is 0 Å². The summed E-state index contributed by atoms with van der Waals surface area (Å²) < 4.78 is 38.3. The van der Waals surface area contributed by atoms with Gasteiger partial charge in [-0.25, -0.2) is 4.98 Å². The molecular weight excluding hydrogens is 273 g/mol. The zero-order chi connectivity index (χ0) is 14.0. The summed E-state index contributed by atoms with van der Waals surface area (Å²) in [6, 6.07) is 4.28. The molecule has 19 heavy (non-hydrogen) atoms. The third-order valence-electron chi connectivity index (χ3n) is 2.84. The average molecular weight is 286 g/mol. The van der Waals surface area contributed by atoms with Gasteiger partial charge in [-0.15, -0.1) is 11.3 Å². The first-order valence-electron chi connectivity index (χ1n) is 5.68. The molecule has 0 aliphatic heterocycles. The fourth-order valence-electron chi connectivity index (χ4n) is 1.72. The Labute approximate surface area is 113 Å². The number of halogens is 3. The summed E-state index contributed by atoms with van der Waals surface area (Å²) in [5.74, 6) is 0. The van der Waals surface area contributed by atoms with E-state index < -0.39 is 11.7 Å². The highest BCUT2D eigenvalue weighted by Crippen LogP contribution is 2.33. The van der Waals surface area contributed by atoms with Crippen LogP contribution in [0.3, 0.4) is 0 Å². The van der Waals surface area contributed by atoms with Crippen LogP contribution >= 0.6 is 11.3 Å². The molecule has 1 aromatic carbocycles. The van der Waals surface area contributed by atoms with Gasteiger partial charge in [-0.2, -0.15) is 13.2 Å². The number of hydrogen-bond acceptors (Lipinski definition) is 3. The molecule has 2 nitrogen and oxygen atoms in total. The summed E-state index contributed by atoms with van der Waals surface area (Å²) in [6.07, 6.45) is -4.32. The number of thiazole rings is 1. The lowest BCUT2D eigenvalue weighted by molar-refractivity contribution is -0.138. The molecule has 0 bridgehead atoms. The first-order chi connectivity index (χ1) is 8.88. The van der Waals surface area contributed by atoms with Gasteiger partial charge in [0, 0.05) is 10.6 Å². The number of rotatable bonds is 3. The van der Waals surface area contributed by atoms with Gasteiger partial charge < -0.3 is 5.32 Å². The van der Waals surface area contributed by atoms with Crippen LogP contribution in [0.2, 0.25) is 0 Å². The van der Waals surface area contributed by atoms with Gasteiger partial charge in [0.15, 0.2) is 0 Å². The normalized spacial score (nSPS) is 11.6. The summed E-state index contributed by atoms with van der Waals surface area (Å²) >= 11 is 1.49. The van der Waals surface area contributed by atoms with Crippen LogP contribution in [-0.2, 0) is 12.7 Å². The third kappa shape index (κ3) is 3.26. The van der Waals surface area contributed by atoms with Gasteiger partial charge in [-0.3, -0.25) is 0 Å². The Morgan fingerprint density at radius 1 is 1.26 bits per heavy atom. The molecule has 0 saturated carbocycles. The SMILES string of the molecule is Cc1ccc(NCc2scnc2C)cc1C(F)(F)F. The standard InChI is InChI=1S/C13H13F3N2S/c1-8-3-4-10(5-11(8)13(14,15)16)17-6-12-9(2)18-7-19-12/h3-5,7,17H,6H2,1-2H3. The first-order valence-corrected chi connectivity index (χ1v) is 6.56. The second kappa shape index (κ2) is 5.21. The quantitative estimate of drug-likeness (QED) is 0.905. The molecule has 0 amide bonds. The van der Waals surface area contributed by atoms with Crippen molar-refractivity contribution in [3.63, 3.8) is 0 Å². The predicted octanol–water partition coefficient (Wildman–Crippen LogP) is 4.39. The monoisotopic (exact) mass is 286 g/mol. The van der Waals surface area contributed by atoms with Crippen LogP contribution in [-0.4, -0.2) is 4.98 Å².